The van der Waals surface area contributed by atoms with Gasteiger partial charge in [-0.05, 0) is 231 Å². The summed E-state index contributed by atoms with van der Waals surface area (Å²) in [6.07, 6.45) is 10.1. The fourth-order valence-corrected chi connectivity index (χ4v) is 22.1. The summed E-state index contributed by atoms with van der Waals surface area (Å²) in [5.74, 6) is 0. The lowest BCUT2D eigenvalue weighted by atomic mass is 9.33. The van der Waals surface area contributed by atoms with E-state index in [4.69, 9.17) is 0 Å². The molecule has 6 aliphatic rings. The maximum Gasteiger partial charge on any atom is 0.252 e. The molecule has 97 heavy (non-hydrogen) atoms. The minimum atomic E-state index is 0.00853. The molecule has 488 valence electrons. The number of thiophene rings is 2. The Morgan fingerprint density at radius 1 is 0.423 bits per heavy atom. The number of hydrogen-bond donors (Lipinski definition) is 0. The Balaban J connectivity index is 0.000000146. The first-order chi connectivity index (χ1) is 46.3. The molecule has 4 unspecified atom stereocenters. The van der Waals surface area contributed by atoms with Gasteiger partial charge in [-0.1, -0.05) is 190 Å². The van der Waals surface area contributed by atoms with E-state index in [0.29, 0.717) is 0 Å². The molecule has 0 radical (unpaired) electrons. The van der Waals surface area contributed by atoms with E-state index in [1.165, 1.54) is 215 Å². The molecule has 12 aromatic rings. The standard InChI is InChI=1S/C45H45BN2S.C45H48N2S/c1-26-22-34-39-35(23-26)48-41-31(44(7)20-11-12-21-45(44,48)8)15-13-16-32(41)46(39)33-18-19-37-38(30-14-9-10-17-36(30)49-37)42(33)47(34)40-27(2)24-29(25-28(40)3)43(4,5)6;1-29-24-33(28-34(25-29)47-37-18-11-10-17-36(37)44(7)22-13-14-23-45(44,47)8)46(42-30(2)26-32(27-31(42)3)43(4,5)6)38-19-15-21-40-41(38)35-16-9-12-20-39(35)48-40/h9-10,13-19,22-25H,11-12,20-21H2,1-8H3;9-12,15-21,24-28H,13-14,22-23H2,1-8H3. The molecule has 0 saturated heterocycles. The Labute approximate surface area is 585 Å². The summed E-state index contributed by atoms with van der Waals surface area (Å²) in [7, 11) is 0. The van der Waals surface area contributed by atoms with Crippen LogP contribution in [0.3, 0.4) is 0 Å². The van der Waals surface area contributed by atoms with Gasteiger partial charge in [0.15, 0.2) is 0 Å². The van der Waals surface area contributed by atoms with Gasteiger partial charge in [-0.2, -0.15) is 0 Å². The van der Waals surface area contributed by atoms with Crippen LogP contribution in [-0.4, -0.2) is 17.8 Å². The van der Waals surface area contributed by atoms with Crippen LogP contribution in [0.5, 0.6) is 0 Å². The molecule has 6 heterocycles. The van der Waals surface area contributed by atoms with Crippen molar-refractivity contribution in [2.45, 2.75) is 195 Å². The van der Waals surface area contributed by atoms with Crippen molar-refractivity contribution in [1.29, 1.82) is 0 Å². The van der Waals surface area contributed by atoms with Crippen molar-refractivity contribution in [2.75, 3.05) is 19.6 Å². The van der Waals surface area contributed by atoms with Crippen molar-refractivity contribution in [3.05, 3.63) is 232 Å². The molecule has 0 spiro atoms. The predicted octanol–water partition coefficient (Wildman–Crippen LogP) is 24.1. The molecule has 0 N–H and O–H groups in total. The molecule has 2 fully saturated rings. The Morgan fingerprint density at radius 2 is 0.938 bits per heavy atom. The van der Waals surface area contributed by atoms with E-state index < -0.39 is 0 Å². The normalized spacial score (nSPS) is 21.4. The summed E-state index contributed by atoms with van der Waals surface area (Å²) in [6, 6.07) is 68.4. The molecule has 4 nitrogen and oxygen atoms in total. The Morgan fingerprint density at radius 3 is 1.60 bits per heavy atom. The second kappa shape index (κ2) is 21.7. The molecule has 10 aromatic carbocycles. The Kier molecular flexibility index (Phi) is 14.0. The van der Waals surface area contributed by atoms with E-state index in [9.17, 15) is 0 Å². The summed E-state index contributed by atoms with van der Waals surface area (Å²) in [5.41, 5.74) is 32.0. The molecular formula is C90H93BN4S2. The van der Waals surface area contributed by atoms with E-state index in [1.54, 1.807) is 5.56 Å². The van der Waals surface area contributed by atoms with E-state index in [0.717, 1.165) is 0 Å². The molecule has 4 atom stereocenters. The zero-order valence-electron chi connectivity index (χ0n) is 60.1. The monoisotopic (exact) mass is 1300 g/mol. The van der Waals surface area contributed by atoms with Gasteiger partial charge in [-0.3, -0.25) is 0 Å². The van der Waals surface area contributed by atoms with Crippen LogP contribution in [0, 0.1) is 41.5 Å². The minimum Gasteiger partial charge on any atom is -0.335 e. The quantitative estimate of drug-likeness (QED) is 0.159. The first kappa shape index (κ1) is 62.4. The van der Waals surface area contributed by atoms with E-state index in [2.05, 4.69) is 306 Å². The third kappa shape index (κ3) is 8.90. The maximum atomic E-state index is 2.85. The van der Waals surface area contributed by atoms with Crippen LogP contribution < -0.4 is 36.0 Å². The first-order valence-corrected chi connectivity index (χ1v) is 37.7. The SMILES string of the molecule is Cc1cc(N(c2c(C)cc(C(C)(C)C)cc2C)c2cccc3sc4ccccc4c23)cc(N2c3ccccc3C3(C)CCCCC23C)c1.Cc1cc2c3c(c1)N1c4c(cccc4C4(C)CCCCC14C)B3c1ccc3sc4ccccc4c3c1N2c1c(C)cc(C(C)(C)C)cc1C. The van der Waals surface area contributed by atoms with Crippen LogP contribution in [0.1, 0.15) is 176 Å². The van der Waals surface area contributed by atoms with Gasteiger partial charge < -0.3 is 19.6 Å². The third-order valence-electron chi connectivity index (χ3n) is 25.0. The van der Waals surface area contributed by atoms with Crippen molar-refractivity contribution in [2.24, 2.45) is 0 Å². The molecular weight excluding hydrogens is 1210 g/mol. The van der Waals surface area contributed by atoms with E-state index >= 15 is 0 Å². The number of hydrogen-bond acceptors (Lipinski definition) is 6. The smallest absolute Gasteiger partial charge is 0.252 e. The number of aryl methyl sites for hydroxylation is 6. The van der Waals surface area contributed by atoms with Gasteiger partial charge in [0, 0.05) is 85.3 Å². The van der Waals surface area contributed by atoms with Gasteiger partial charge >= 0.3 is 0 Å². The molecule has 2 saturated carbocycles. The van der Waals surface area contributed by atoms with Crippen LogP contribution in [-0.2, 0) is 21.7 Å². The summed E-state index contributed by atoms with van der Waals surface area (Å²) >= 11 is 3.83. The average Bonchev–Trinajstić information content (AvgIpc) is 1.37. The van der Waals surface area contributed by atoms with Crippen LogP contribution in [0.2, 0.25) is 0 Å². The molecule has 2 aromatic heterocycles. The lowest BCUT2D eigenvalue weighted by molar-refractivity contribution is 0.195. The van der Waals surface area contributed by atoms with Crippen molar-refractivity contribution < 1.29 is 0 Å². The van der Waals surface area contributed by atoms with Crippen molar-refractivity contribution in [1.82, 2.24) is 0 Å². The second-order valence-corrected chi connectivity index (χ2v) is 35.2. The van der Waals surface area contributed by atoms with Gasteiger partial charge in [0.1, 0.15) is 0 Å². The first-order valence-electron chi connectivity index (χ1n) is 36.1. The molecule has 18 rings (SSSR count). The van der Waals surface area contributed by atoms with E-state index in [1.807, 2.05) is 22.7 Å². The van der Waals surface area contributed by atoms with Gasteiger partial charge in [0.05, 0.1) is 33.8 Å². The molecule has 0 bridgehead atoms. The highest BCUT2D eigenvalue weighted by Gasteiger charge is 2.62. The fraction of sp³-hybridized carbons (Fsp3) is 0.333. The highest BCUT2D eigenvalue weighted by atomic mass is 32.1. The lowest BCUT2D eigenvalue weighted by Gasteiger charge is -2.53. The summed E-state index contributed by atoms with van der Waals surface area (Å²) < 4.78 is 5.38. The van der Waals surface area contributed by atoms with Crippen LogP contribution >= 0.6 is 22.7 Å². The average molecular weight is 1310 g/mol. The van der Waals surface area contributed by atoms with Gasteiger partial charge in [-0.25, -0.2) is 0 Å². The summed E-state index contributed by atoms with van der Waals surface area (Å²) in [5, 5.41) is 5.42. The highest BCUT2D eigenvalue weighted by Crippen LogP contribution is 2.64. The van der Waals surface area contributed by atoms with Gasteiger partial charge in [0.2, 0.25) is 0 Å². The number of fused-ring (bicyclic) bond motifs is 17. The zero-order valence-corrected chi connectivity index (χ0v) is 61.7. The Bertz CT molecular complexity index is 5260. The zero-order chi connectivity index (χ0) is 67.4. The largest absolute Gasteiger partial charge is 0.335 e. The predicted molar refractivity (Wildman–Crippen MR) is 424 cm³/mol. The molecule has 7 heteroatoms. The van der Waals surface area contributed by atoms with Crippen molar-refractivity contribution in [3.63, 3.8) is 0 Å². The molecule has 4 aliphatic heterocycles. The Hall–Kier alpha value is -8.10. The highest BCUT2D eigenvalue weighted by molar-refractivity contribution is 7.26. The number of benzene rings is 10. The molecule has 2 aliphatic carbocycles. The van der Waals surface area contributed by atoms with Crippen molar-refractivity contribution in [3.8, 4) is 0 Å². The maximum absolute atomic E-state index is 2.85. The van der Waals surface area contributed by atoms with Gasteiger partial charge in [-0.15, -0.1) is 22.7 Å². The number of para-hydroxylation sites is 2. The summed E-state index contributed by atoms with van der Waals surface area (Å²) in [6.45, 7) is 38.2. The lowest BCUT2D eigenvalue weighted by Crippen LogP contribution is -2.64. The summed E-state index contributed by atoms with van der Waals surface area (Å²) in [4.78, 5) is 10.9. The topological polar surface area (TPSA) is 13.0 Å². The third-order valence-corrected chi connectivity index (χ3v) is 27.2. The fourth-order valence-electron chi connectivity index (χ4n) is 19.9. The minimum absolute atomic E-state index is 0.00853. The number of nitrogens with zero attached hydrogens (tertiary/aromatic N) is 4. The second-order valence-electron chi connectivity index (χ2n) is 33.0. The number of rotatable bonds is 5. The van der Waals surface area contributed by atoms with Crippen LogP contribution in [0.4, 0.5) is 56.9 Å². The van der Waals surface area contributed by atoms with Crippen LogP contribution in [0.25, 0.3) is 40.3 Å². The van der Waals surface area contributed by atoms with Gasteiger partial charge in [0.25, 0.3) is 6.71 Å². The number of anilines is 10. The van der Waals surface area contributed by atoms with E-state index in [-0.39, 0.29) is 39.5 Å². The van der Waals surface area contributed by atoms with Crippen LogP contribution in [0.15, 0.2) is 176 Å². The molecule has 0 amide bonds. The van der Waals surface area contributed by atoms with Crippen molar-refractivity contribution >= 4 is 143 Å².